The van der Waals surface area contributed by atoms with Crippen LogP contribution in [-0.4, -0.2) is 35.3 Å². The molecule has 4 aromatic rings. The number of carbonyl (C=O) groups is 1. The number of nitrogens with zero attached hydrogens (tertiary/aromatic N) is 3. The van der Waals surface area contributed by atoms with Crippen molar-refractivity contribution in [3.8, 4) is 22.6 Å². The van der Waals surface area contributed by atoms with Gasteiger partial charge in [-0.25, -0.2) is 4.98 Å². The molecule has 2 heterocycles. The van der Waals surface area contributed by atoms with Gasteiger partial charge in [-0.2, -0.15) is 0 Å². The van der Waals surface area contributed by atoms with Gasteiger partial charge in [0.15, 0.2) is 0 Å². The highest BCUT2D eigenvalue weighted by Gasteiger charge is 2.28. The first-order chi connectivity index (χ1) is 17.1. The summed E-state index contributed by atoms with van der Waals surface area (Å²) in [5.74, 6) is 1.72. The molecule has 0 spiro atoms. The van der Waals surface area contributed by atoms with Gasteiger partial charge in [0.05, 0.1) is 6.04 Å². The number of nitrogens with one attached hydrogen (secondary N) is 1. The van der Waals surface area contributed by atoms with Crippen LogP contribution in [0.2, 0.25) is 0 Å². The zero-order chi connectivity index (χ0) is 24.4. The molecule has 0 fully saturated rings. The van der Waals surface area contributed by atoms with Gasteiger partial charge in [0, 0.05) is 48.1 Å². The second-order valence-electron chi connectivity index (χ2n) is 8.89. The first-order valence-electron chi connectivity index (χ1n) is 12.0. The van der Waals surface area contributed by atoms with Gasteiger partial charge >= 0.3 is 0 Å². The first kappa shape index (κ1) is 23.2. The molecule has 0 saturated carbocycles. The second-order valence-corrected chi connectivity index (χ2v) is 10.0. The Kier molecular flexibility index (Phi) is 6.64. The van der Waals surface area contributed by atoms with E-state index in [9.17, 15) is 4.79 Å². The summed E-state index contributed by atoms with van der Waals surface area (Å²) < 4.78 is 2.04. The predicted molar refractivity (Wildman–Crippen MR) is 145 cm³/mol. The monoisotopic (exact) mass is 482 g/mol. The Morgan fingerprint density at radius 3 is 2.43 bits per heavy atom. The molecule has 0 saturated heterocycles. The number of fused-ring (bicyclic) bond motifs is 1. The van der Waals surface area contributed by atoms with E-state index in [1.807, 2.05) is 66.8 Å². The Balaban J connectivity index is 1.59. The largest absolute Gasteiger partial charge is 0.378 e. The Morgan fingerprint density at radius 1 is 1.00 bits per heavy atom. The minimum atomic E-state index is -0.0834. The molecule has 178 valence electrons. The van der Waals surface area contributed by atoms with E-state index in [4.69, 9.17) is 4.98 Å². The Labute approximate surface area is 211 Å². The maximum Gasteiger partial charge on any atom is 0.270 e. The SMILES string of the molecule is CCn1c(-c2ccccc2)nc(-c2ccc(N(C)C)cc2)c1C(=O)NC1CCSc2ccccc21. The molecule has 1 aromatic heterocycles. The van der Waals surface area contributed by atoms with Crippen molar-refractivity contribution >= 4 is 23.4 Å². The molecule has 1 N–H and O–H groups in total. The van der Waals surface area contributed by atoms with Crippen molar-refractivity contribution in [2.75, 3.05) is 24.7 Å². The number of amides is 1. The quantitative estimate of drug-likeness (QED) is 0.352. The third kappa shape index (κ3) is 4.58. The summed E-state index contributed by atoms with van der Waals surface area (Å²) in [6, 6.07) is 26.7. The molecule has 1 aliphatic rings. The normalized spacial score (nSPS) is 14.9. The summed E-state index contributed by atoms with van der Waals surface area (Å²) in [6.07, 6.45) is 0.909. The highest BCUT2D eigenvalue weighted by Crippen LogP contribution is 2.37. The molecule has 0 radical (unpaired) electrons. The summed E-state index contributed by atoms with van der Waals surface area (Å²) in [4.78, 5) is 22.3. The molecule has 5 rings (SSSR count). The van der Waals surface area contributed by atoms with E-state index in [1.54, 1.807) is 0 Å². The lowest BCUT2D eigenvalue weighted by molar-refractivity contribution is 0.0926. The van der Waals surface area contributed by atoms with Gasteiger partial charge < -0.3 is 14.8 Å². The van der Waals surface area contributed by atoms with Gasteiger partial charge in [-0.3, -0.25) is 4.79 Å². The van der Waals surface area contributed by atoms with Crippen LogP contribution < -0.4 is 10.2 Å². The van der Waals surface area contributed by atoms with E-state index < -0.39 is 0 Å². The topological polar surface area (TPSA) is 50.2 Å². The number of hydrogen-bond donors (Lipinski definition) is 1. The summed E-state index contributed by atoms with van der Waals surface area (Å²) >= 11 is 1.86. The number of hydrogen-bond acceptors (Lipinski definition) is 4. The average molecular weight is 483 g/mol. The fraction of sp³-hybridized carbons (Fsp3) is 0.241. The minimum absolute atomic E-state index is 0.00991. The first-order valence-corrected chi connectivity index (χ1v) is 13.0. The van der Waals surface area contributed by atoms with Crippen molar-refractivity contribution in [1.82, 2.24) is 14.9 Å². The summed E-state index contributed by atoms with van der Waals surface area (Å²) in [5, 5.41) is 3.35. The van der Waals surface area contributed by atoms with Gasteiger partial charge in [0.1, 0.15) is 17.2 Å². The molecule has 1 aliphatic heterocycles. The van der Waals surface area contributed by atoms with Crippen LogP contribution in [0.25, 0.3) is 22.6 Å². The lowest BCUT2D eigenvalue weighted by atomic mass is 10.0. The molecule has 1 atom stereocenters. The number of benzene rings is 3. The number of anilines is 1. The molecule has 1 unspecified atom stereocenters. The van der Waals surface area contributed by atoms with Gasteiger partial charge in [-0.15, -0.1) is 11.8 Å². The fourth-order valence-corrected chi connectivity index (χ4v) is 5.76. The van der Waals surface area contributed by atoms with Gasteiger partial charge in [0.2, 0.25) is 0 Å². The van der Waals surface area contributed by atoms with Crippen molar-refractivity contribution in [3.05, 3.63) is 90.1 Å². The Bertz CT molecular complexity index is 1330. The maximum atomic E-state index is 13.9. The van der Waals surface area contributed by atoms with Crippen molar-refractivity contribution in [2.24, 2.45) is 0 Å². The van der Waals surface area contributed by atoms with Crippen LogP contribution in [0.1, 0.15) is 35.4 Å². The van der Waals surface area contributed by atoms with Crippen LogP contribution in [0, 0.1) is 0 Å². The molecule has 6 heteroatoms. The Hall–Kier alpha value is -3.51. The maximum absolute atomic E-state index is 13.9. The molecule has 0 aliphatic carbocycles. The predicted octanol–water partition coefficient (Wildman–Crippen LogP) is 6.27. The lowest BCUT2D eigenvalue weighted by Gasteiger charge is -2.26. The second kappa shape index (κ2) is 10.0. The third-order valence-corrected chi connectivity index (χ3v) is 7.57. The van der Waals surface area contributed by atoms with Crippen molar-refractivity contribution in [1.29, 1.82) is 0 Å². The van der Waals surface area contributed by atoms with Crippen LogP contribution in [0.4, 0.5) is 5.69 Å². The van der Waals surface area contributed by atoms with Crippen LogP contribution in [0.5, 0.6) is 0 Å². The van der Waals surface area contributed by atoms with Crippen molar-refractivity contribution in [3.63, 3.8) is 0 Å². The smallest absolute Gasteiger partial charge is 0.270 e. The number of carbonyl (C=O) groups excluding carboxylic acids is 1. The average Bonchev–Trinajstić information content (AvgIpc) is 3.29. The summed E-state index contributed by atoms with van der Waals surface area (Å²) in [7, 11) is 4.04. The van der Waals surface area contributed by atoms with Crippen LogP contribution >= 0.6 is 11.8 Å². The highest BCUT2D eigenvalue weighted by atomic mass is 32.2. The number of thioether (sulfide) groups is 1. The van der Waals surface area contributed by atoms with E-state index in [2.05, 4.69) is 59.6 Å². The van der Waals surface area contributed by atoms with Gasteiger partial charge in [0.25, 0.3) is 5.91 Å². The number of imidazole rings is 1. The van der Waals surface area contributed by atoms with Gasteiger partial charge in [-0.05, 0) is 37.1 Å². The van der Waals surface area contributed by atoms with E-state index in [0.29, 0.717) is 17.9 Å². The third-order valence-electron chi connectivity index (χ3n) is 6.45. The highest BCUT2D eigenvalue weighted by molar-refractivity contribution is 7.99. The summed E-state index contributed by atoms with van der Waals surface area (Å²) in [5.41, 5.74) is 5.56. The molecule has 1 amide bonds. The zero-order valence-electron chi connectivity index (χ0n) is 20.4. The Morgan fingerprint density at radius 2 is 1.71 bits per heavy atom. The van der Waals surface area contributed by atoms with E-state index in [0.717, 1.165) is 34.8 Å². The van der Waals surface area contributed by atoms with E-state index in [1.165, 1.54) is 10.5 Å². The standard InChI is InChI=1S/C29H30N4OS/c1-4-33-27(29(34)30-24-18-19-35-25-13-9-8-12-23(24)25)26(20-14-16-22(17-15-20)32(2)3)31-28(33)21-10-6-5-7-11-21/h5-17,24H,4,18-19H2,1-3H3,(H,30,34). The van der Waals surface area contributed by atoms with Crippen molar-refractivity contribution < 1.29 is 4.79 Å². The van der Waals surface area contributed by atoms with Crippen LogP contribution in [0.15, 0.2) is 83.8 Å². The number of rotatable bonds is 6. The van der Waals surface area contributed by atoms with E-state index in [-0.39, 0.29) is 11.9 Å². The molecule has 35 heavy (non-hydrogen) atoms. The van der Waals surface area contributed by atoms with Crippen LogP contribution in [-0.2, 0) is 6.54 Å². The minimum Gasteiger partial charge on any atom is -0.378 e. The lowest BCUT2D eigenvalue weighted by Crippen LogP contribution is -2.32. The molecular formula is C29H30N4OS. The molecule has 3 aromatic carbocycles. The number of aromatic nitrogens is 2. The zero-order valence-corrected chi connectivity index (χ0v) is 21.2. The van der Waals surface area contributed by atoms with Crippen molar-refractivity contribution in [2.45, 2.75) is 30.8 Å². The molecule has 0 bridgehead atoms. The van der Waals surface area contributed by atoms with Gasteiger partial charge in [-0.1, -0.05) is 60.7 Å². The van der Waals surface area contributed by atoms with Crippen LogP contribution in [0.3, 0.4) is 0 Å². The molecule has 5 nitrogen and oxygen atoms in total. The van der Waals surface area contributed by atoms with E-state index >= 15 is 0 Å². The molecular weight excluding hydrogens is 452 g/mol. The fourth-order valence-electron chi connectivity index (χ4n) is 4.64. The summed E-state index contributed by atoms with van der Waals surface area (Å²) in [6.45, 7) is 2.71.